The zero-order chi connectivity index (χ0) is 24.5. The Morgan fingerprint density at radius 3 is 2.53 bits per heavy atom. The molecule has 1 N–H and O–H groups in total. The van der Waals surface area contributed by atoms with E-state index in [0.717, 1.165) is 12.1 Å². The number of hydrogen-bond donors (Lipinski definition) is 1. The Labute approximate surface area is 190 Å². The summed E-state index contributed by atoms with van der Waals surface area (Å²) in [5.74, 6) is -3.01. The van der Waals surface area contributed by atoms with Gasteiger partial charge in [-0.3, -0.25) is 0 Å². The molecule has 1 aliphatic rings. The summed E-state index contributed by atoms with van der Waals surface area (Å²) >= 11 is 0. The number of benzene rings is 1. The first-order valence-corrected chi connectivity index (χ1v) is 10.2. The molecule has 0 fully saturated rings. The number of halogens is 5. The van der Waals surface area contributed by atoms with E-state index in [-0.39, 0.29) is 29.3 Å². The van der Waals surface area contributed by atoms with Gasteiger partial charge in [-0.15, -0.1) is 0 Å². The molecule has 0 saturated carbocycles. The van der Waals surface area contributed by atoms with Crippen molar-refractivity contribution in [2.24, 2.45) is 0 Å². The summed E-state index contributed by atoms with van der Waals surface area (Å²) in [5.41, 5.74) is 0.291. The Hall–Kier alpha value is -3.82. The topological polar surface area (TPSA) is 72.3 Å². The Balaban J connectivity index is 1.78. The third kappa shape index (κ3) is 4.90. The lowest BCUT2D eigenvalue weighted by atomic mass is 9.99. The van der Waals surface area contributed by atoms with Gasteiger partial charge in [-0.1, -0.05) is 6.07 Å². The van der Waals surface area contributed by atoms with Crippen LogP contribution in [0.4, 0.5) is 22.0 Å². The number of carbonyl (C=O) groups is 1. The van der Waals surface area contributed by atoms with Crippen LogP contribution in [0, 0.1) is 11.6 Å². The Bertz CT molecular complexity index is 1290. The van der Waals surface area contributed by atoms with Crippen LogP contribution in [0.5, 0.6) is 5.88 Å². The van der Waals surface area contributed by atoms with Gasteiger partial charge in [0.05, 0.1) is 11.3 Å². The minimum atomic E-state index is -4.66. The third-order valence-electron chi connectivity index (χ3n) is 5.38. The van der Waals surface area contributed by atoms with Crippen molar-refractivity contribution in [3.05, 3.63) is 88.4 Å². The van der Waals surface area contributed by atoms with Gasteiger partial charge in [-0.05, 0) is 60.7 Å². The van der Waals surface area contributed by atoms with Gasteiger partial charge >= 0.3 is 12.1 Å². The lowest BCUT2D eigenvalue weighted by molar-refractivity contribution is -0.137. The minimum Gasteiger partial charge on any atom is -0.477 e. The van der Waals surface area contributed by atoms with Crippen LogP contribution in [0.25, 0.3) is 11.1 Å². The second kappa shape index (κ2) is 9.20. The normalized spacial score (nSPS) is 13.9. The molecule has 0 amide bonds. The number of allylic oxidation sites excluding steroid dienone is 2. The number of alkyl halides is 3. The van der Waals surface area contributed by atoms with Crippen LogP contribution in [0.2, 0.25) is 0 Å². The summed E-state index contributed by atoms with van der Waals surface area (Å²) < 4.78 is 73.0. The maximum absolute atomic E-state index is 14.0. The molecule has 3 aromatic rings. The minimum absolute atomic E-state index is 0.00509. The van der Waals surface area contributed by atoms with E-state index in [0.29, 0.717) is 48.4 Å². The molecule has 1 aromatic carbocycles. The molecule has 0 atom stereocenters. The zero-order valence-electron chi connectivity index (χ0n) is 17.5. The van der Waals surface area contributed by atoms with Crippen LogP contribution in [-0.2, 0) is 12.8 Å². The quantitative estimate of drug-likeness (QED) is 0.433. The first-order valence-electron chi connectivity index (χ1n) is 10.2. The standard InChI is InChI=1S/C24H17F5N2O3/c25-15-8-7-13(19(26)10-15)12-34-22-18(9-14(11-30-22)24(27,28)29)16-3-1-4-17(16)20-5-2-6-21(31-20)23(32)33/h2,5-11H,1,3-4,12H2,(H,32,33). The molecule has 0 unspecified atom stereocenters. The predicted octanol–water partition coefficient (Wildman–Crippen LogP) is 6.15. The highest BCUT2D eigenvalue weighted by Gasteiger charge is 2.33. The van der Waals surface area contributed by atoms with Crippen LogP contribution < -0.4 is 4.74 Å². The van der Waals surface area contributed by atoms with Crippen LogP contribution in [0.3, 0.4) is 0 Å². The van der Waals surface area contributed by atoms with E-state index in [1.807, 2.05) is 0 Å². The van der Waals surface area contributed by atoms with Crippen LogP contribution >= 0.6 is 0 Å². The maximum Gasteiger partial charge on any atom is 0.417 e. The van der Waals surface area contributed by atoms with E-state index in [2.05, 4.69) is 9.97 Å². The average Bonchev–Trinajstić information content (AvgIpc) is 3.27. The van der Waals surface area contributed by atoms with Crippen molar-refractivity contribution in [3.63, 3.8) is 0 Å². The molecule has 0 saturated heterocycles. The Kier molecular flexibility index (Phi) is 6.32. The molecule has 0 aliphatic heterocycles. The average molecular weight is 476 g/mol. The Morgan fingerprint density at radius 1 is 1.06 bits per heavy atom. The molecule has 0 bridgehead atoms. The zero-order valence-corrected chi connectivity index (χ0v) is 17.5. The summed E-state index contributed by atoms with van der Waals surface area (Å²) in [7, 11) is 0. The lowest BCUT2D eigenvalue weighted by Gasteiger charge is -2.16. The number of rotatable bonds is 6. The molecule has 4 rings (SSSR count). The van der Waals surface area contributed by atoms with Crippen molar-refractivity contribution >= 4 is 17.1 Å². The first kappa shape index (κ1) is 23.3. The largest absolute Gasteiger partial charge is 0.477 e. The van der Waals surface area contributed by atoms with E-state index >= 15 is 0 Å². The molecule has 10 heteroatoms. The summed E-state index contributed by atoms with van der Waals surface area (Å²) in [6, 6.07) is 8.22. The monoisotopic (exact) mass is 476 g/mol. The van der Waals surface area contributed by atoms with Crippen LogP contribution in [0.1, 0.15) is 52.1 Å². The van der Waals surface area contributed by atoms with Gasteiger partial charge in [0.1, 0.15) is 23.9 Å². The first-order chi connectivity index (χ1) is 16.1. The molecule has 2 heterocycles. The highest BCUT2D eigenvalue weighted by Crippen LogP contribution is 2.43. The van der Waals surface area contributed by atoms with Crippen molar-refractivity contribution < 1.29 is 36.6 Å². The summed E-state index contributed by atoms with van der Waals surface area (Å²) in [5, 5.41) is 9.24. The lowest BCUT2D eigenvalue weighted by Crippen LogP contribution is -2.09. The summed E-state index contributed by atoms with van der Waals surface area (Å²) in [6.45, 7) is -0.382. The molecule has 34 heavy (non-hydrogen) atoms. The number of nitrogens with zero attached hydrogens (tertiary/aromatic N) is 2. The van der Waals surface area contributed by atoms with Gasteiger partial charge in [0.15, 0.2) is 0 Å². The van der Waals surface area contributed by atoms with E-state index in [4.69, 9.17) is 4.74 Å². The van der Waals surface area contributed by atoms with Gasteiger partial charge in [0.2, 0.25) is 5.88 Å². The highest BCUT2D eigenvalue weighted by atomic mass is 19.4. The molecule has 0 radical (unpaired) electrons. The molecule has 176 valence electrons. The summed E-state index contributed by atoms with van der Waals surface area (Å²) in [4.78, 5) is 19.3. The maximum atomic E-state index is 14.0. The van der Waals surface area contributed by atoms with Crippen molar-refractivity contribution in [1.82, 2.24) is 9.97 Å². The second-order valence-electron chi connectivity index (χ2n) is 7.62. The van der Waals surface area contributed by atoms with Gasteiger partial charge in [0.25, 0.3) is 0 Å². The number of carboxylic acids is 1. The van der Waals surface area contributed by atoms with Crippen LogP contribution in [0.15, 0.2) is 48.7 Å². The van der Waals surface area contributed by atoms with E-state index in [1.54, 1.807) is 6.07 Å². The number of aromatic nitrogens is 2. The SMILES string of the molecule is O=C(O)c1cccc(C2=C(c3cc(C(F)(F)F)cnc3OCc3ccc(F)cc3F)CCC2)n1. The van der Waals surface area contributed by atoms with E-state index in [9.17, 15) is 31.9 Å². The number of ether oxygens (including phenoxy) is 1. The number of pyridine rings is 2. The number of aromatic carboxylic acids is 1. The van der Waals surface area contributed by atoms with Gasteiger partial charge in [-0.25, -0.2) is 23.5 Å². The number of carboxylic acid groups (broad SMARTS) is 1. The van der Waals surface area contributed by atoms with E-state index in [1.165, 1.54) is 18.2 Å². The predicted molar refractivity (Wildman–Crippen MR) is 112 cm³/mol. The van der Waals surface area contributed by atoms with Crippen LogP contribution in [-0.4, -0.2) is 21.0 Å². The molecular weight excluding hydrogens is 459 g/mol. The van der Waals surface area contributed by atoms with Crippen molar-refractivity contribution in [1.29, 1.82) is 0 Å². The van der Waals surface area contributed by atoms with Crippen molar-refractivity contribution in [3.8, 4) is 5.88 Å². The van der Waals surface area contributed by atoms with Gasteiger partial charge in [0, 0.05) is 23.4 Å². The van der Waals surface area contributed by atoms with E-state index < -0.39 is 29.3 Å². The van der Waals surface area contributed by atoms with Crippen molar-refractivity contribution in [2.75, 3.05) is 0 Å². The molecule has 2 aromatic heterocycles. The fourth-order valence-corrected chi connectivity index (χ4v) is 3.77. The Morgan fingerprint density at radius 2 is 1.82 bits per heavy atom. The second-order valence-corrected chi connectivity index (χ2v) is 7.62. The fraction of sp³-hybridized carbons (Fsp3) is 0.208. The van der Waals surface area contributed by atoms with Crippen molar-refractivity contribution in [2.45, 2.75) is 32.0 Å². The summed E-state index contributed by atoms with van der Waals surface area (Å²) in [6.07, 6.45) is -2.58. The van der Waals surface area contributed by atoms with Gasteiger partial charge < -0.3 is 9.84 Å². The molecular formula is C24H17F5N2O3. The van der Waals surface area contributed by atoms with Gasteiger partial charge in [-0.2, -0.15) is 13.2 Å². The smallest absolute Gasteiger partial charge is 0.417 e. The molecule has 5 nitrogen and oxygen atoms in total. The molecule has 0 spiro atoms. The third-order valence-corrected chi connectivity index (χ3v) is 5.38. The highest BCUT2D eigenvalue weighted by molar-refractivity contribution is 5.94. The fourth-order valence-electron chi connectivity index (χ4n) is 3.77. The number of hydrogen-bond acceptors (Lipinski definition) is 4. The molecule has 1 aliphatic carbocycles.